The Balaban J connectivity index is 2.08. The molecule has 182 valence electrons. The van der Waals surface area contributed by atoms with Crippen LogP contribution < -0.4 is 4.74 Å². The summed E-state index contributed by atoms with van der Waals surface area (Å²) in [5.74, 6) is -0.0471. The summed E-state index contributed by atoms with van der Waals surface area (Å²) >= 11 is 0. The third kappa shape index (κ3) is 6.69. The molecule has 3 rings (SSSR count). The van der Waals surface area contributed by atoms with Crippen molar-refractivity contribution in [3.05, 3.63) is 94.6 Å². The first kappa shape index (κ1) is 26.0. The summed E-state index contributed by atoms with van der Waals surface area (Å²) in [5.41, 5.74) is 5.59. The van der Waals surface area contributed by atoms with E-state index in [1.807, 2.05) is 12.1 Å². The van der Waals surface area contributed by atoms with Gasteiger partial charge in [-0.25, -0.2) is 4.79 Å². The molecule has 0 aliphatic carbocycles. The Morgan fingerprint density at radius 2 is 1.57 bits per heavy atom. The van der Waals surface area contributed by atoms with Crippen LogP contribution in [0.25, 0.3) is 17.2 Å². The molecule has 4 heteroatoms. The molecule has 3 aromatic rings. The van der Waals surface area contributed by atoms with E-state index in [4.69, 9.17) is 9.84 Å². The standard InChI is InChI=1S/C31H34O4/c1-20(2)19-35-28-18-25(27(32)16-11-22-9-14-24(15-10-22)30(33)34)17-26(29(28)31(4,5)6)23-12-7-21(3)8-13-23/h7-18,20H,19H2,1-6H3,(H,33,34). The number of aryl methyl sites for hydroxylation is 1. The average Bonchev–Trinajstić information content (AvgIpc) is 2.80. The maximum atomic E-state index is 13.2. The second kappa shape index (κ2) is 10.7. The molecule has 4 nitrogen and oxygen atoms in total. The maximum Gasteiger partial charge on any atom is 0.335 e. The molecule has 0 fully saturated rings. The highest BCUT2D eigenvalue weighted by Gasteiger charge is 2.26. The smallest absolute Gasteiger partial charge is 0.335 e. The van der Waals surface area contributed by atoms with Crippen LogP contribution in [0, 0.1) is 12.8 Å². The van der Waals surface area contributed by atoms with Crippen LogP contribution in [-0.2, 0) is 5.41 Å². The Labute approximate surface area is 208 Å². The minimum atomic E-state index is -0.979. The van der Waals surface area contributed by atoms with Gasteiger partial charge in [0, 0.05) is 11.1 Å². The number of allylic oxidation sites excluding steroid dienone is 1. The molecular formula is C31H34O4. The Kier molecular flexibility index (Phi) is 7.96. The lowest BCUT2D eigenvalue weighted by atomic mass is 9.80. The number of benzene rings is 3. The number of rotatable bonds is 8. The zero-order chi connectivity index (χ0) is 25.8. The second-order valence-corrected chi connectivity index (χ2v) is 10.3. The van der Waals surface area contributed by atoms with E-state index in [2.05, 4.69) is 65.8 Å². The van der Waals surface area contributed by atoms with Gasteiger partial charge in [-0.2, -0.15) is 0 Å². The minimum Gasteiger partial charge on any atom is -0.493 e. The Morgan fingerprint density at radius 3 is 2.11 bits per heavy atom. The van der Waals surface area contributed by atoms with E-state index < -0.39 is 5.97 Å². The monoisotopic (exact) mass is 470 g/mol. The average molecular weight is 471 g/mol. The highest BCUT2D eigenvalue weighted by Crippen LogP contribution is 2.41. The number of ketones is 1. The summed E-state index contributed by atoms with van der Waals surface area (Å²) in [7, 11) is 0. The molecule has 0 aliphatic heterocycles. The van der Waals surface area contributed by atoms with Crippen molar-refractivity contribution >= 4 is 17.8 Å². The molecule has 0 saturated carbocycles. The van der Waals surface area contributed by atoms with Gasteiger partial charge >= 0.3 is 5.97 Å². The third-order valence-electron chi connectivity index (χ3n) is 5.66. The molecule has 0 radical (unpaired) electrons. The van der Waals surface area contributed by atoms with Crippen LogP contribution in [0.1, 0.15) is 72.0 Å². The highest BCUT2D eigenvalue weighted by atomic mass is 16.5. The Bertz CT molecular complexity index is 1220. The van der Waals surface area contributed by atoms with Crippen molar-refractivity contribution < 1.29 is 19.4 Å². The molecule has 35 heavy (non-hydrogen) atoms. The fourth-order valence-corrected chi connectivity index (χ4v) is 3.87. The number of carboxylic acids is 1. The SMILES string of the molecule is Cc1ccc(-c2cc(C(=O)C=Cc3ccc(C(=O)O)cc3)cc(OCC(C)C)c2C(C)(C)C)cc1. The molecule has 3 aromatic carbocycles. The van der Waals surface area contributed by atoms with E-state index in [1.54, 1.807) is 18.2 Å². The molecule has 0 atom stereocenters. The molecule has 0 spiro atoms. The van der Waals surface area contributed by atoms with Crippen molar-refractivity contribution in [2.24, 2.45) is 5.92 Å². The summed E-state index contributed by atoms with van der Waals surface area (Å²) in [4.78, 5) is 24.3. The molecule has 0 aliphatic rings. The fraction of sp³-hybridized carbons (Fsp3) is 0.290. The first-order chi connectivity index (χ1) is 16.5. The van der Waals surface area contributed by atoms with Crippen molar-refractivity contribution in [3.63, 3.8) is 0 Å². The van der Waals surface area contributed by atoms with Crippen LogP contribution in [0.15, 0.2) is 66.7 Å². The number of carbonyl (C=O) groups excluding carboxylic acids is 1. The van der Waals surface area contributed by atoms with Crippen LogP contribution in [-0.4, -0.2) is 23.5 Å². The molecule has 0 amide bonds. The van der Waals surface area contributed by atoms with Gasteiger partial charge in [0.25, 0.3) is 0 Å². The summed E-state index contributed by atoms with van der Waals surface area (Å²) in [5, 5.41) is 9.08. The molecule has 0 saturated heterocycles. The normalized spacial score (nSPS) is 11.7. The van der Waals surface area contributed by atoms with Gasteiger partial charge in [-0.3, -0.25) is 4.79 Å². The molecule has 1 N–H and O–H groups in total. The summed E-state index contributed by atoms with van der Waals surface area (Å²) in [6.45, 7) is 13.3. The summed E-state index contributed by atoms with van der Waals surface area (Å²) < 4.78 is 6.27. The van der Waals surface area contributed by atoms with E-state index in [9.17, 15) is 9.59 Å². The predicted molar refractivity (Wildman–Crippen MR) is 142 cm³/mol. The van der Waals surface area contributed by atoms with E-state index in [-0.39, 0.29) is 16.8 Å². The van der Waals surface area contributed by atoms with Crippen LogP contribution >= 0.6 is 0 Å². The lowest BCUT2D eigenvalue weighted by molar-refractivity contribution is 0.0696. The zero-order valence-corrected chi connectivity index (χ0v) is 21.4. The fourth-order valence-electron chi connectivity index (χ4n) is 3.87. The van der Waals surface area contributed by atoms with Gasteiger partial charge in [0.1, 0.15) is 5.75 Å². The van der Waals surface area contributed by atoms with E-state index in [0.717, 1.165) is 28.0 Å². The van der Waals surface area contributed by atoms with E-state index >= 15 is 0 Å². The zero-order valence-electron chi connectivity index (χ0n) is 21.4. The number of ether oxygens (including phenoxy) is 1. The number of carboxylic acid groups (broad SMARTS) is 1. The summed E-state index contributed by atoms with van der Waals surface area (Å²) in [6, 6.07) is 18.5. The quantitative estimate of drug-likeness (QED) is 0.272. The van der Waals surface area contributed by atoms with E-state index in [0.29, 0.717) is 18.1 Å². The second-order valence-electron chi connectivity index (χ2n) is 10.3. The summed E-state index contributed by atoms with van der Waals surface area (Å²) in [6.07, 6.45) is 3.22. The largest absolute Gasteiger partial charge is 0.493 e. The van der Waals surface area contributed by atoms with Crippen LogP contribution in [0.5, 0.6) is 5.75 Å². The van der Waals surface area contributed by atoms with Gasteiger partial charge in [-0.15, -0.1) is 0 Å². The Morgan fingerprint density at radius 1 is 0.943 bits per heavy atom. The molecule has 0 unspecified atom stereocenters. The molecule has 0 bridgehead atoms. The van der Waals surface area contributed by atoms with Gasteiger partial charge in [0.15, 0.2) is 5.78 Å². The van der Waals surface area contributed by atoms with Gasteiger partial charge in [-0.05, 0) is 65.3 Å². The van der Waals surface area contributed by atoms with Crippen molar-refractivity contribution in [3.8, 4) is 16.9 Å². The Hall–Kier alpha value is -3.66. The maximum absolute atomic E-state index is 13.2. The van der Waals surface area contributed by atoms with Crippen molar-refractivity contribution in [1.29, 1.82) is 0 Å². The van der Waals surface area contributed by atoms with E-state index in [1.165, 1.54) is 23.8 Å². The van der Waals surface area contributed by atoms with Crippen LogP contribution in [0.2, 0.25) is 0 Å². The van der Waals surface area contributed by atoms with Crippen molar-refractivity contribution in [2.75, 3.05) is 6.61 Å². The van der Waals surface area contributed by atoms with Gasteiger partial charge in [0.05, 0.1) is 12.2 Å². The van der Waals surface area contributed by atoms with Gasteiger partial charge in [0.2, 0.25) is 0 Å². The topological polar surface area (TPSA) is 63.6 Å². The number of hydrogen-bond acceptors (Lipinski definition) is 3. The molecule has 0 heterocycles. The van der Waals surface area contributed by atoms with Gasteiger partial charge < -0.3 is 9.84 Å². The van der Waals surface area contributed by atoms with Crippen LogP contribution in [0.4, 0.5) is 0 Å². The number of aromatic carboxylic acids is 1. The lowest BCUT2D eigenvalue weighted by Gasteiger charge is -2.27. The van der Waals surface area contributed by atoms with Crippen molar-refractivity contribution in [1.82, 2.24) is 0 Å². The minimum absolute atomic E-state index is 0.143. The first-order valence-corrected chi connectivity index (χ1v) is 11.9. The number of hydrogen-bond donors (Lipinski definition) is 1. The predicted octanol–water partition coefficient (Wildman–Crippen LogP) is 7.59. The first-order valence-electron chi connectivity index (χ1n) is 11.9. The number of carbonyl (C=O) groups is 2. The molecular weight excluding hydrogens is 436 g/mol. The lowest BCUT2D eigenvalue weighted by Crippen LogP contribution is -2.17. The van der Waals surface area contributed by atoms with Gasteiger partial charge in [-0.1, -0.05) is 82.7 Å². The van der Waals surface area contributed by atoms with Crippen molar-refractivity contribution in [2.45, 2.75) is 47.0 Å². The third-order valence-corrected chi connectivity index (χ3v) is 5.66. The highest BCUT2D eigenvalue weighted by molar-refractivity contribution is 6.08. The molecule has 0 aromatic heterocycles. The van der Waals surface area contributed by atoms with Crippen LogP contribution in [0.3, 0.4) is 0 Å².